The molecule has 16 heavy (non-hydrogen) atoms. The summed E-state index contributed by atoms with van der Waals surface area (Å²) in [6, 6.07) is 4.45. The lowest BCUT2D eigenvalue weighted by Gasteiger charge is -2.15. The van der Waals surface area contributed by atoms with Gasteiger partial charge in [0.15, 0.2) is 0 Å². The predicted octanol–water partition coefficient (Wildman–Crippen LogP) is 2.31. The van der Waals surface area contributed by atoms with Crippen molar-refractivity contribution in [2.45, 2.75) is 32.7 Å². The zero-order valence-corrected chi connectivity index (χ0v) is 10.8. The average molecular weight is 240 g/mol. The van der Waals surface area contributed by atoms with Crippen LogP contribution in [-0.4, -0.2) is 19.0 Å². The maximum atomic E-state index is 11.4. The van der Waals surface area contributed by atoms with Gasteiger partial charge in [0.05, 0.1) is 6.54 Å². The van der Waals surface area contributed by atoms with Gasteiger partial charge in [-0.3, -0.25) is 4.79 Å². The number of carbonyl (C=O) groups excluding carboxylic acids is 1. The zero-order chi connectivity index (χ0) is 11.8. The van der Waals surface area contributed by atoms with Gasteiger partial charge in [-0.15, -0.1) is 11.3 Å². The monoisotopic (exact) mass is 240 g/mol. The van der Waals surface area contributed by atoms with Crippen LogP contribution in [0.15, 0.2) is 17.5 Å². The molecule has 1 aromatic rings. The molecule has 0 saturated heterocycles. The first-order valence-corrected chi connectivity index (χ1v) is 6.69. The van der Waals surface area contributed by atoms with Crippen LogP contribution in [0, 0.1) is 0 Å². The fraction of sp³-hybridized carbons (Fsp3) is 0.583. The van der Waals surface area contributed by atoms with E-state index in [1.54, 1.807) is 11.3 Å². The lowest BCUT2D eigenvalue weighted by molar-refractivity contribution is -0.120. The molecule has 1 atom stereocenters. The molecule has 0 radical (unpaired) electrons. The molecule has 3 nitrogen and oxygen atoms in total. The summed E-state index contributed by atoms with van der Waals surface area (Å²) in [5, 5.41) is 8.20. The molecule has 0 fully saturated rings. The van der Waals surface area contributed by atoms with Crippen LogP contribution >= 0.6 is 11.3 Å². The van der Waals surface area contributed by atoms with E-state index in [-0.39, 0.29) is 5.91 Å². The van der Waals surface area contributed by atoms with Gasteiger partial charge < -0.3 is 10.6 Å². The van der Waals surface area contributed by atoms with Crippen LogP contribution in [0.25, 0.3) is 0 Å². The van der Waals surface area contributed by atoms with Crippen molar-refractivity contribution in [3.8, 4) is 0 Å². The Bertz CT molecular complexity index is 298. The molecule has 1 unspecified atom stereocenters. The molecule has 1 amide bonds. The molecule has 0 saturated carbocycles. The smallest absolute Gasteiger partial charge is 0.233 e. The van der Waals surface area contributed by atoms with E-state index in [1.165, 1.54) is 4.88 Å². The van der Waals surface area contributed by atoms with Gasteiger partial charge in [-0.1, -0.05) is 19.9 Å². The van der Waals surface area contributed by atoms with Gasteiger partial charge >= 0.3 is 0 Å². The van der Waals surface area contributed by atoms with Gasteiger partial charge in [-0.05, 0) is 24.3 Å². The molecule has 0 spiro atoms. The number of carbonyl (C=O) groups is 1. The minimum absolute atomic E-state index is 0.0804. The van der Waals surface area contributed by atoms with E-state index in [2.05, 4.69) is 29.0 Å². The van der Waals surface area contributed by atoms with Gasteiger partial charge in [0.2, 0.25) is 5.91 Å². The van der Waals surface area contributed by atoms with Crippen LogP contribution in [-0.2, 0) is 4.79 Å². The summed E-state index contributed by atoms with van der Waals surface area (Å²) in [6.07, 6.45) is 1.98. The van der Waals surface area contributed by atoms with Crippen LogP contribution in [0.2, 0.25) is 0 Å². The van der Waals surface area contributed by atoms with E-state index in [0.717, 1.165) is 19.4 Å². The minimum atomic E-state index is 0.0804. The zero-order valence-electron chi connectivity index (χ0n) is 9.95. The van der Waals surface area contributed by atoms with Crippen molar-refractivity contribution in [1.29, 1.82) is 0 Å². The van der Waals surface area contributed by atoms with Gasteiger partial charge in [-0.2, -0.15) is 0 Å². The first kappa shape index (κ1) is 13.2. The Morgan fingerprint density at radius 2 is 2.31 bits per heavy atom. The molecule has 1 rings (SSSR count). The molecule has 0 aliphatic rings. The summed E-state index contributed by atoms with van der Waals surface area (Å²) in [5.74, 6) is 0.0804. The van der Waals surface area contributed by atoms with E-state index >= 15 is 0 Å². The lowest BCUT2D eigenvalue weighted by Crippen LogP contribution is -2.35. The Kier molecular flexibility index (Phi) is 6.11. The van der Waals surface area contributed by atoms with Crippen molar-refractivity contribution in [3.05, 3.63) is 22.4 Å². The molecule has 4 heteroatoms. The molecule has 1 heterocycles. The molecular weight excluding hydrogens is 220 g/mol. The highest BCUT2D eigenvalue weighted by Gasteiger charge is 2.10. The highest BCUT2D eigenvalue weighted by molar-refractivity contribution is 7.10. The van der Waals surface area contributed by atoms with Crippen molar-refractivity contribution in [2.24, 2.45) is 0 Å². The Labute approximate surface area is 101 Å². The Balaban J connectivity index is 2.32. The Morgan fingerprint density at radius 1 is 1.50 bits per heavy atom. The van der Waals surface area contributed by atoms with Crippen molar-refractivity contribution in [3.63, 3.8) is 0 Å². The van der Waals surface area contributed by atoms with Crippen molar-refractivity contribution in [1.82, 2.24) is 10.6 Å². The van der Waals surface area contributed by atoms with Gasteiger partial charge in [0.25, 0.3) is 0 Å². The molecule has 0 bridgehead atoms. The summed E-state index contributed by atoms with van der Waals surface area (Å²) >= 11 is 1.73. The van der Waals surface area contributed by atoms with Crippen LogP contribution < -0.4 is 10.6 Å². The first-order chi connectivity index (χ1) is 7.77. The summed E-state index contributed by atoms with van der Waals surface area (Å²) in [7, 11) is 0. The topological polar surface area (TPSA) is 41.1 Å². The van der Waals surface area contributed by atoms with Crippen molar-refractivity contribution >= 4 is 17.2 Å². The number of hydrogen-bond acceptors (Lipinski definition) is 3. The normalized spacial score (nSPS) is 12.4. The van der Waals surface area contributed by atoms with Crippen molar-refractivity contribution in [2.75, 3.05) is 13.1 Å². The highest BCUT2D eigenvalue weighted by Crippen LogP contribution is 2.21. The van der Waals surface area contributed by atoms with E-state index < -0.39 is 0 Å². The van der Waals surface area contributed by atoms with E-state index in [4.69, 9.17) is 0 Å². The SMILES string of the molecule is CCCNC(=O)CNC(CC)c1cccs1. The number of nitrogens with one attached hydrogen (secondary N) is 2. The summed E-state index contributed by atoms with van der Waals surface area (Å²) in [5.41, 5.74) is 0. The fourth-order valence-corrected chi connectivity index (χ4v) is 2.36. The average Bonchev–Trinajstić information content (AvgIpc) is 2.81. The third-order valence-electron chi connectivity index (χ3n) is 2.38. The standard InChI is InChI=1S/C12H20N2OS/c1-3-7-13-12(15)9-14-10(4-2)11-6-5-8-16-11/h5-6,8,10,14H,3-4,7,9H2,1-2H3,(H,13,15). The second kappa shape index (κ2) is 7.41. The minimum Gasteiger partial charge on any atom is -0.355 e. The molecule has 90 valence electrons. The largest absolute Gasteiger partial charge is 0.355 e. The van der Waals surface area contributed by atoms with Gasteiger partial charge in [0, 0.05) is 17.5 Å². The quantitative estimate of drug-likeness (QED) is 0.768. The second-order valence-electron chi connectivity index (χ2n) is 3.71. The molecular formula is C12H20N2OS. The Hall–Kier alpha value is -0.870. The molecule has 0 aliphatic carbocycles. The number of rotatable bonds is 7. The van der Waals surface area contributed by atoms with E-state index in [9.17, 15) is 4.79 Å². The lowest BCUT2D eigenvalue weighted by atomic mass is 10.2. The number of hydrogen-bond donors (Lipinski definition) is 2. The van der Waals surface area contributed by atoms with Crippen molar-refractivity contribution < 1.29 is 4.79 Å². The first-order valence-electron chi connectivity index (χ1n) is 5.81. The predicted molar refractivity (Wildman–Crippen MR) is 68.7 cm³/mol. The molecule has 1 aromatic heterocycles. The summed E-state index contributed by atoms with van der Waals surface area (Å²) in [4.78, 5) is 12.7. The maximum Gasteiger partial charge on any atom is 0.233 e. The second-order valence-corrected chi connectivity index (χ2v) is 4.69. The third kappa shape index (κ3) is 4.33. The highest BCUT2D eigenvalue weighted by atomic mass is 32.1. The van der Waals surface area contributed by atoms with Gasteiger partial charge in [-0.25, -0.2) is 0 Å². The number of thiophene rings is 1. The summed E-state index contributed by atoms with van der Waals surface area (Å²) in [6.45, 7) is 5.34. The molecule has 0 aliphatic heterocycles. The van der Waals surface area contributed by atoms with Gasteiger partial charge in [0.1, 0.15) is 0 Å². The third-order valence-corrected chi connectivity index (χ3v) is 3.36. The molecule has 2 N–H and O–H groups in total. The Morgan fingerprint density at radius 3 is 2.88 bits per heavy atom. The van der Waals surface area contributed by atoms with Crippen LogP contribution in [0.3, 0.4) is 0 Å². The van der Waals surface area contributed by atoms with Crippen LogP contribution in [0.4, 0.5) is 0 Å². The van der Waals surface area contributed by atoms with E-state index in [0.29, 0.717) is 12.6 Å². The summed E-state index contributed by atoms with van der Waals surface area (Å²) < 4.78 is 0. The molecule has 0 aromatic carbocycles. The maximum absolute atomic E-state index is 11.4. The fourth-order valence-electron chi connectivity index (χ4n) is 1.48. The number of amides is 1. The van der Waals surface area contributed by atoms with E-state index in [1.807, 2.05) is 13.0 Å². The van der Waals surface area contributed by atoms with Crippen LogP contribution in [0.5, 0.6) is 0 Å². The van der Waals surface area contributed by atoms with Crippen LogP contribution in [0.1, 0.15) is 37.6 Å².